The Kier molecular flexibility index (Phi) is 4.17. The van der Waals surface area contributed by atoms with E-state index < -0.39 is 24.0 Å². The molecule has 10 heteroatoms. The minimum Gasteiger partial charge on any atom is -0.394 e. The van der Waals surface area contributed by atoms with Crippen LogP contribution in [0.15, 0.2) is 4.79 Å². The summed E-state index contributed by atoms with van der Waals surface area (Å²) in [4.78, 5) is 28.2. The Morgan fingerprint density at radius 1 is 1.60 bits per heavy atom. The van der Waals surface area contributed by atoms with E-state index in [1.165, 1.54) is 0 Å². The zero-order chi connectivity index (χ0) is 14.7. The third-order valence-corrected chi connectivity index (χ3v) is 2.84. The number of amides is 1. The summed E-state index contributed by atoms with van der Waals surface area (Å²) in [5, 5.41) is 23.5. The van der Waals surface area contributed by atoms with Crippen molar-refractivity contribution in [1.82, 2.24) is 9.97 Å². The number of rotatable bonds is 5. The number of H-pyrrole nitrogens is 1. The molecular formula is C10H15N5O5. The number of nitrogens with one attached hydrogen (secondary N) is 3. The van der Waals surface area contributed by atoms with Gasteiger partial charge in [-0.2, -0.15) is 4.98 Å². The highest BCUT2D eigenvalue weighted by atomic mass is 16.5. The van der Waals surface area contributed by atoms with Crippen molar-refractivity contribution in [3.8, 4) is 0 Å². The second-order valence-electron chi connectivity index (χ2n) is 4.23. The van der Waals surface area contributed by atoms with Crippen LogP contribution < -0.4 is 21.9 Å². The van der Waals surface area contributed by atoms with Crippen LogP contribution in [0.2, 0.25) is 0 Å². The Balaban J connectivity index is 2.21. The van der Waals surface area contributed by atoms with Gasteiger partial charge in [0.05, 0.1) is 12.7 Å². The van der Waals surface area contributed by atoms with Crippen LogP contribution in [0.3, 0.4) is 0 Å². The number of aromatic nitrogens is 2. The zero-order valence-electron chi connectivity index (χ0n) is 10.4. The summed E-state index contributed by atoms with van der Waals surface area (Å²) in [7, 11) is 0. The first kappa shape index (κ1) is 14.2. The summed E-state index contributed by atoms with van der Waals surface area (Å²) >= 11 is 0. The molecule has 2 heterocycles. The van der Waals surface area contributed by atoms with Crippen LogP contribution in [-0.4, -0.2) is 51.6 Å². The molecule has 0 unspecified atom stereocenters. The number of aromatic amines is 1. The highest BCUT2D eigenvalue weighted by Crippen LogP contribution is 2.23. The third-order valence-electron chi connectivity index (χ3n) is 2.84. The van der Waals surface area contributed by atoms with E-state index in [1.54, 1.807) is 0 Å². The minimum absolute atomic E-state index is 0.0224. The van der Waals surface area contributed by atoms with Gasteiger partial charge in [-0.1, -0.05) is 0 Å². The summed E-state index contributed by atoms with van der Waals surface area (Å²) in [6, 6.07) is 0. The Bertz CT molecular complexity index is 547. The number of ether oxygens (including phenoxy) is 1. The fraction of sp³-hybridized carbons (Fsp3) is 0.500. The van der Waals surface area contributed by atoms with Crippen molar-refractivity contribution in [2.24, 2.45) is 0 Å². The van der Waals surface area contributed by atoms with Crippen molar-refractivity contribution >= 4 is 23.9 Å². The molecular weight excluding hydrogens is 270 g/mol. The molecule has 7 N–H and O–H groups in total. The number of anilines is 3. The Morgan fingerprint density at radius 3 is 2.95 bits per heavy atom. The fourth-order valence-electron chi connectivity index (χ4n) is 1.93. The van der Waals surface area contributed by atoms with Crippen LogP contribution >= 0.6 is 0 Å². The van der Waals surface area contributed by atoms with Gasteiger partial charge in [-0.15, -0.1) is 0 Å². The van der Waals surface area contributed by atoms with Crippen molar-refractivity contribution < 1.29 is 19.7 Å². The number of hydrogen-bond donors (Lipinski definition) is 6. The first-order valence-electron chi connectivity index (χ1n) is 5.86. The van der Waals surface area contributed by atoms with Gasteiger partial charge in [-0.05, 0) is 0 Å². The van der Waals surface area contributed by atoms with E-state index in [1.807, 2.05) is 0 Å². The van der Waals surface area contributed by atoms with Gasteiger partial charge >= 0.3 is 0 Å². The van der Waals surface area contributed by atoms with Gasteiger partial charge in [0.25, 0.3) is 5.56 Å². The van der Waals surface area contributed by atoms with Gasteiger partial charge in [0.15, 0.2) is 5.82 Å². The molecule has 0 spiro atoms. The number of aliphatic hydroxyl groups excluding tert-OH is 2. The summed E-state index contributed by atoms with van der Waals surface area (Å²) in [5.41, 5.74) is 4.69. The maximum Gasteiger partial charge on any atom is 0.278 e. The quantitative estimate of drug-likeness (QED) is 0.332. The van der Waals surface area contributed by atoms with Crippen LogP contribution in [-0.2, 0) is 9.53 Å². The molecule has 0 aliphatic carbocycles. The lowest BCUT2D eigenvalue weighted by atomic mass is 10.2. The first-order chi connectivity index (χ1) is 9.55. The second kappa shape index (κ2) is 5.86. The van der Waals surface area contributed by atoms with Crippen molar-refractivity contribution in [1.29, 1.82) is 0 Å². The number of nitrogens with two attached hydrogens (primary N) is 1. The predicted octanol–water partition coefficient (Wildman–Crippen LogP) is -2.20. The number of nitrogens with zero attached hydrogens (tertiary/aromatic N) is 1. The summed E-state index contributed by atoms with van der Waals surface area (Å²) in [6.07, 6.45) is -1.69. The number of nitrogen functional groups attached to an aromatic ring is 1. The van der Waals surface area contributed by atoms with Crippen molar-refractivity contribution in [2.45, 2.75) is 24.9 Å². The molecule has 1 aliphatic rings. The molecule has 10 nitrogen and oxygen atoms in total. The summed E-state index contributed by atoms with van der Waals surface area (Å²) in [5.74, 6) is -0.111. The number of carbonyl (C=O) groups is 1. The SMILES string of the molecule is Nc1nc(N[C@H]2C[C@@H](O)[C@@H](CO)O2)c(NC=O)c(=O)[nH]1. The van der Waals surface area contributed by atoms with Crippen molar-refractivity contribution in [3.05, 3.63) is 10.4 Å². The van der Waals surface area contributed by atoms with Crippen LogP contribution in [0.25, 0.3) is 0 Å². The highest BCUT2D eigenvalue weighted by Gasteiger charge is 2.34. The lowest BCUT2D eigenvalue weighted by Crippen LogP contribution is -2.26. The van der Waals surface area contributed by atoms with Crippen LogP contribution in [0.5, 0.6) is 0 Å². The van der Waals surface area contributed by atoms with Crippen molar-refractivity contribution in [2.75, 3.05) is 23.0 Å². The summed E-state index contributed by atoms with van der Waals surface area (Å²) < 4.78 is 5.32. The molecule has 1 fully saturated rings. The lowest BCUT2D eigenvalue weighted by molar-refractivity contribution is -0.105. The van der Waals surface area contributed by atoms with E-state index >= 15 is 0 Å². The average molecular weight is 285 g/mol. The van der Waals surface area contributed by atoms with Crippen LogP contribution in [0, 0.1) is 0 Å². The molecule has 0 aromatic carbocycles. The van der Waals surface area contributed by atoms with E-state index in [-0.39, 0.29) is 30.5 Å². The van der Waals surface area contributed by atoms with Gasteiger partial charge < -0.3 is 31.3 Å². The average Bonchev–Trinajstić information content (AvgIpc) is 2.73. The highest BCUT2D eigenvalue weighted by molar-refractivity contribution is 5.78. The Hall–Kier alpha value is -2.17. The van der Waals surface area contributed by atoms with Gasteiger partial charge in [-0.25, -0.2) is 0 Å². The monoisotopic (exact) mass is 285 g/mol. The molecule has 3 atom stereocenters. The largest absolute Gasteiger partial charge is 0.394 e. The predicted molar refractivity (Wildman–Crippen MR) is 69.0 cm³/mol. The summed E-state index contributed by atoms with van der Waals surface area (Å²) in [6.45, 7) is -0.330. The van der Waals surface area contributed by atoms with Gasteiger partial charge in [0.1, 0.15) is 18.0 Å². The molecule has 0 saturated carbocycles. The molecule has 0 radical (unpaired) electrons. The van der Waals surface area contributed by atoms with E-state index in [2.05, 4.69) is 20.6 Å². The standard InChI is InChI=1S/C10H15N5O5/c11-10-14-8(7(12-3-17)9(19)15-10)13-6-1-4(18)5(2-16)20-6/h3-6,16,18H,1-2H2,(H,12,17)(H4,11,13,14,15,19)/t4-,5-,6-/m1/s1. The first-order valence-corrected chi connectivity index (χ1v) is 5.86. The molecule has 1 amide bonds. The number of aliphatic hydroxyl groups is 2. The fourth-order valence-corrected chi connectivity index (χ4v) is 1.93. The smallest absolute Gasteiger partial charge is 0.278 e. The molecule has 110 valence electrons. The second-order valence-corrected chi connectivity index (χ2v) is 4.23. The van der Waals surface area contributed by atoms with E-state index in [0.29, 0.717) is 6.41 Å². The Labute approximate surface area is 113 Å². The molecule has 1 aromatic rings. The lowest BCUT2D eigenvalue weighted by Gasteiger charge is -2.16. The molecule has 20 heavy (non-hydrogen) atoms. The number of hydrogen-bond acceptors (Lipinski definition) is 8. The Morgan fingerprint density at radius 2 is 2.35 bits per heavy atom. The van der Waals surface area contributed by atoms with Gasteiger partial charge in [-0.3, -0.25) is 14.6 Å². The van der Waals surface area contributed by atoms with E-state index in [4.69, 9.17) is 15.6 Å². The van der Waals surface area contributed by atoms with Gasteiger partial charge in [0, 0.05) is 6.42 Å². The number of carbonyl (C=O) groups excluding carboxylic acids is 1. The molecule has 1 saturated heterocycles. The molecule has 0 bridgehead atoms. The van der Waals surface area contributed by atoms with Crippen LogP contribution in [0.1, 0.15) is 6.42 Å². The molecule has 1 aliphatic heterocycles. The van der Waals surface area contributed by atoms with Gasteiger partial charge in [0.2, 0.25) is 12.4 Å². The van der Waals surface area contributed by atoms with E-state index in [0.717, 1.165) is 0 Å². The zero-order valence-corrected chi connectivity index (χ0v) is 10.4. The van der Waals surface area contributed by atoms with E-state index in [9.17, 15) is 14.7 Å². The molecule has 2 rings (SSSR count). The molecule has 1 aromatic heterocycles. The third kappa shape index (κ3) is 2.87. The van der Waals surface area contributed by atoms with Crippen LogP contribution in [0.4, 0.5) is 17.5 Å². The maximum absolute atomic E-state index is 11.6. The topological polar surface area (TPSA) is 163 Å². The normalized spacial score (nSPS) is 25.4. The van der Waals surface area contributed by atoms with Crippen molar-refractivity contribution in [3.63, 3.8) is 0 Å². The minimum atomic E-state index is -0.834. The maximum atomic E-state index is 11.6.